The van der Waals surface area contributed by atoms with E-state index >= 15 is 0 Å². The molecule has 0 radical (unpaired) electrons. The predicted molar refractivity (Wildman–Crippen MR) is 82.5 cm³/mol. The molecule has 21 heavy (non-hydrogen) atoms. The molecule has 0 amide bonds. The molecule has 0 saturated carbocycles. The van der Waals surface area contributed by atoms with Gasteiger partial charge in [0.05, 0.1) is 0 Å². The van der Waals surface area contributed by atoms with Crippen LogP contribution in [-0.4, -0.2) is 12.3 Å². The zero-order chi connectivity index (χ0) is 14.8. The third-order valence-corrected chi connectivity index (χ3v) is 3.98. The highest BCUT2D eigenvalue weighted by molar-refractivity contribution is 6.30. The highest BCUT2D eigenvalue weighted by atomic mass is 35.5. The Bertz CT molecular complexity index is 686. The van der Waals surface area contributed by atoms with E-state index in [-0.39, 0.29) is 11.6 Å². The molecule has 0 spiro atoms. The number of nitrogens with zero attached hydrogens (tertiary/aromatic N) is 1. The fourth-order valence-corrected chi connectivity index (χ4v) is 2.90. The lowest BCUT2D eigenvalue weighted by atomic mass is 10.1. The zero-order valence-corrected chi connectivity index (χ0v) is 12.2. The molecule has 4 heteroatoms. The Hall–Kier alpha value is -1.87. The van der Waals surface area contributed by atoms with Crippen LogP contribution in [0, 0.1) is 5.82 Å². The van der Waals surface area contributed by atoms with E-state index in [2.05, 4.69) is 4.90 Å². The van der Waals surface area contributed by atoms with E-state index in [1.165, 1.54) is 6.07 Å². The van der Waals surface area contributed by atoms with Gasteiger partial charge < -0.3 is 4.90 Å². The van der Waals surface area contributed by atoms with Crippen molar-refractivity contribution in [3.8, 4) is 0 Å². The van der Waals surface area contributed by atoms with Crippen LogP contribution in [0.5, 0.6) is 0 Å². The Labute approximate surface area is 128 Å². The molecule has 0 atom stereocenters. The molecule has 0 aliphatic carbocycles. The van der Waals surface area contributed by atoms with E-state index in [9.17, 15) is 9.18 Å². The Morgan fingerprint density at radius 2 is 2.00 bits per heavy atom. The third kappa shape index (κ3) is 2.93. The highest BCUT2D eigenvalue weighted by Gasteiger charge is 2.21. The van der Waals surface area contributed by atoms with E-state index in [1.807, 2.05) is 24.3 Å². The topological polar surface area (TPSA) is 20.3 Å². The molecule has 0 unspecified atom stereocenters. The van der Waals surface area contributed by atoms with Gasteiger partial charge in [0.15, 0.2) is 5.78 Å². The second kappa shape index (κ2) is 5.86. The van der Waals surface area contributed by atoms with Gasteiger partial charge in [0.25, 0.3) is 0 Å². The van der Waals surface area contributed by atoms with Gasteiger partial charge in [-0.25, -0.2) is 4.39 Å². The van der Waals surface area contributed by atoms with Gasteiger partial charge in [-0.15, -0.1) is 0 Å². The first kappa shape index (κ1) is 14.1. The second-order valence-electron chi connectivity index (χ2n) is 5.20. The summed E-state index contributed by atoms with van der Waals surface area (Å²) >= 11 is 5.95. The summed E-state index contributed by atoms with van der Waals surface area (Å²) in [5.74, 6) is -0.118. The van der Waals surface area contributed by atoms with Gasteiger partial charge in [-0.05, 0) is 36.8 Å². The molecular weight excluding hydrogens is 289 g/mol. The maximum Gasteiger partial charge on any atom is 0.165 e. The van der Waals surface area contributed by atoms with E-state index in [1.54, 1.807) is 12.1 Å². The van der Waals surface area contributed by atoms with Crippen LogP contribution in [0.25, 0.3) is 0 Å². The van der Waals surface area contributed by atoms with Crippen LogP contribution in [0.1, 0.15) is 28.8 Å². The van der Waals surface area contributed by atoms with Crippen molar-refractivity contribution in [1.29, 1.82) is 0 Å². The number of ketones is 1. The quantitative estimate of drug-likeness (QED) is 0.816. The molecule has 0 bridgehead atoms. The summed E-state index contributed by atoms with van der Waals surface area (Å²) in [7, 11) is 0. The van der Waals surface area contributed by atoms with Crippen molar-refractivity contribution in [2.45, 2.75) is 19.4 Å². The molecule has 2 nitrogen and oxygen atoms in total. The Morgan fingerprint density at radius 1 is 1.19 bits per heavy atom. The van der Waals surface area contributed by atoms with Crippen molar-refractivity contribution in [3.05, 3.63) is 64.4 Å². The summed E-state index contributed by atoms with van der Waals surface area (Å²) in [6, 6.07) is 12.1. The first-order chi connectivity index (χ1) is 10.1. The number of carbonyl (C=O) groups is 1. The van der Waals surface area contributed by atoms with Crippen molar-refractivity contribution in [1.82, 2.24) is 0 Å². The van der Waals surface area contributed by atoms with E-state index in [0.29, 0.717) is 23.6 Å². The van der Waals surface area contributed by atoms with Crippen LogP contribution in [0.3, 0.4) is 0 Å². The lowest BCUT2D eigenvalue weighted by Gasteiger charge is -2.25. The number of rotatable bonds is 2. The smallest absolute Gasteiger partial charge is 0.165 e. The third-order valence-electron chi connectivity index (χ3n) is 3.75. The fourth-order valence-electron chi connectivity index (χ4n) is 2.71. The average Bonchev–Trinajstić information content (AvgIpc) is 2.64. The van der Waals surface area contributed by atoms with E-state index < -0.39 is 0 Å². The van der Waals surface area contributed by atoms with Gasteiger partial charge in [-0.3, -0.25) is 4.79 Å². The first-order valence-corrected chi connectivity index (χ1v) is 7.34. The molecule has 1 heterocycles. The van der Waals surface area contributed by atoms with Crippen LogP contribution in [0.15, 0.2) is 42.5 Å². The molecule has 1 aliphatic heterocycles. The fraction of sp³-hybridized carbons (Fsp3) is 0.235. The number of Topliss-reactive ketones (excluding diaryl/α,β-unsaturated/α-hetero) is 1. The van der Waals surface area contributed by atoms with Gasteiger partial charge >= 0.3 is 0 Å². The number of hydrogen-bond donors (Lipinski definition) is 0. The molecule has 0 aromatic heterocycles. The minimum absolute atomic E-state index is 0.152. The number of benzene rings is 2. The van der Waals surface area contributed by atoms with Crippen LogP contribution < -0.4 is 4.90 Å². The van der Waals surface area contributed by atoms with Crippen molar-refractivity contribution in [2.75, 3.05) is 11.4 Å². The summed E-state index contributed by atoms with van der Waals surface area (Å²) < 4.78 is 13.9. The summed E-state index contributed by atoms with van der Waals surface area (Å²) in [4.78, 5) is 14.2. The standard InChI is InChI=1S/C17H15ClFNO/c18-13-7-8-15(19)12(10-13)11-20-9-3-6-17(21)14-4-1-2-5-16(14)20/h1-2,4-5,7-8,10H,3,6,9,11H2. The highest BCUT2D eigenvalue weighted by Crippen LogP contribution is 2.28. The molecule has 3 rings (SSSR count). The van der Waals surface area contributed by atoms with Crippen LogP contribution in [-0.2, 0) is 6.54 Å². The van der Waals surface area contributed by atoms with Gasteiger partial charge in [0.2, 0.25) is 0 Å². The molecule has 2 aromatic rings. The number of anilines is 1. The van der Waals surface area contributed by atoms with Crippen LogP contribution >= 0.6 is 11.6 Å². The zero-order valence-electron chi connectivity index (χ0n) is 11.5. The Kier molecular flexibility index (Phi) is 3.93. The minimum atomic E-state index is -0.271. The summed E-state index contributed by atoms with van der Waals surface area (Å²) in [6.07, 6.45) is 1.31. The van der Waals surface area contributed by atoms with E-state index in [0.717, 1.165) is 24.2 Å². The molecule has 108 valence electrons. The van der Waals surface area contributed by atoms with Crippen molar-refractivity contribution in [2.24, 2.45) is 0 Å². The SMILES string of the molecule is O=C1CCCN(Cc2cc(Cl)ccc2F)c2ccccc21. The molecule has 2 aromatic carbocycles. The van der Waals surface area contributed by atoms with Crippen molar-refractivity contribution < 1.29 is 9.18 Å². The number of carbonyl (C=O) groups excluding carboxylic acids is 1. The summed E-state index contributed by atoms with van der Waals surface area (Å²) in [5, 5.41) is 0.519. The maximum absolute atomic E-state index is 13.9. The monoisotopic (exact) mass is 303 g/mol. The summed E-state index contributed by atoms with van der Waals surface area (Å²) in [6.45, 7) is 1.14. The van der Waals surface area contributed by atoms with Gasteiger partial charge in [-0.2, -0.15) is 0 Å². The Morgan fingerprint density at radius 3 is 2.86 bits per heavy atom. The van der Waals surface area contributed by atoms with E-state index in [4.69, 9.17) is 11.6 Å². The normalized spacial score (nSPS) is 14.8. The lowest BCUT2D eigenvalue weighted by molar-refractivity contribution is 0.0984. The number of para-hydroxylation sites is 1. The van der Waals surface area contributed by atoms with Crippen molar-refractivity contribution in [3.63, 3.8) is 0 Å². The lowest BCUT2D eigenvalue weighted by Crippen LogP contribution is -2.24. The minimum Gasteiger partial charge on any atom is -0.366 e. The summed E-state index contributed by atoms with van der Waals surface area (Å²) in [5.41, 5.74) is 2.14. The number of fused-ring (bicyclic) bond motifs is 1. The molecule has 1 aliphatic rings. The molecule has 0 fully saturated rings. The van der Waals surface area contributed by atoms with Gasteiger partial charge in [0.1, 0.15) is 5.82 Å². The Balaban J connectivity index is 1.97. The second-order valence-corrected chi connectivity index (χ2v) is 5.64. The largest absolute Gasteiger partial charge is 0.366 e. The predicted octanol–water partition coefficient (Wildman–Crippen LogP) is 4.46. The van der Waals surface area contributed by atoms with Gasteiger partial charge in [0, 0.05) is 41.3 Å². The first-order valence-electron chi connectivity index (χ1n) is 6.96. The van der Waals surface area contributed by atoms with Crippen LogP contribution in [0.4, 0.5) is 10.1 Å². The molecule has 0 saturated heterocycles. The van der Waals surface area contributed by atoms with Crippen LogP contribution in [0.2, 0.25) is 5.02 Å². The van der Waals surface area contributed by atoms with Crippen molar-refractivity contribution >= 4 is 23.1 Å². The maximum atomic E-state index is 13.9. The molecular formula is C17H15ClFNO. The average molecular weight is 304 g/mol. The molecule has 0 N–H and O–H groups in total. The number of halogens is 2. The van der Waals surface area contributed by atoms with Gasteiger partial charge in [-0.1, -0.05) is 23.7 Å². The number of hydrogen-bond acceptors (Lipinski definition) is 2.